The highest BCUT2D eigenvalue weighted by molar-refractivity contribution is 7.22. The van der Waals surface area contributed by atoms with Crippen molar-refractivity contribution in [3.8, 4) is 0 Å². The number of thiophene rings is 1. The lowest BCUT2D eigenvalue weighted by molar-refractivity contribution is 0.913. The van der Waals surface area contributed by atoms with E-state index >= 15 is 0 Å². The molecule has 19 heavy (non-hydrogen) atoms. The van der Waals surface area contributed by atoms with Gasteiger partial charge in [0, 0.05) is 9.75 Å². The van der Waals surface area contributed by atoms with E-state index in [1.807, 2.05) is 17.4 Å². The van der Waals surface area contributed by atoms with Crippen molar-refractivity contribution in [2.24, 2.45) is 0 Å². The second kappa shape index (κ2) is 4.62. The third kappa shape index (κ3) is 2.15. The van der Waals surface area contributed by atoms with Crippen LogP contribution in [-0.2, 0) is 19.4 Å². The molecule has 1 aliphatic carbocycles. The van der Waals surface area contributed by atoms with Crippen molar-refractivity contribution in [3.63, 3.8) is 0 Å². The highest BCUT2D eigenvalue weighted by Crippen LogP contribution is 2.31. The summed E-state index contributed by atoms with van der Waals surface area (Å²) >= 11 is 3.69. The van der Waals surface area contributed by atoms with Crippen molar-refractivity contribution in [3.05, 3.63) is 45.6 Å². The zero-order valence-corrected chi connectivity index (χ0v) is 12.1. The van der Waals surface area contributed by atoms with Crippen LogP contribution in [0.3, 0.4) is 0 Å². The predicted molar refractivity (Wildman–Crippen MR) is 83.3 cm³/mol. The van der Waals surface area contributed by atoms with E-state index in [-0.39, 0.29) is 0 Å². The van der Waals surface area contributed by atoms with Crippen LogP contribution in [0.1, 0.15) is 21.7 Å². The normalized spacial score (nSPS) is 13.9. The molecule has 2 nitrogen and oxygen atoms in total. The summed E-state index contributed by atoms with van der Waals surface area (Å²) in [6.45, 7) is 0.900. The topological polar surface area (TPSA) is 24.9 Å². The fourth-order valence-electron chi connectivity index (χ4n) is 2.59. The Balaban J connectivity index is 1.51. The van der Waals surface area contributed by atoms with E-state index in [0.717, 1.165) is 17.2 Å². The highest BCUT2D eigenvalue weighted by Gasteiger charge is 2.14. The Morgan fingerprint density at radius 1 is 1.16 bits per heavy atom. The number of fused-ring (bicyclic) bond motifs is 2. The first kappa shape index (κ1) is 11.4. The van der Waals surface area contributed by atoms with Crippen LogP contribution in [0.25, 0.3) is 10.2 Å². The van der Waals surface area contributed by atoms with Crippen LogP contribution in [0.4, 0.5) is 5.13 Å². The Kier molecular flexibility index (Phi) is 2.78. The number of aryl methyl sites for hydroxylation is 2. The Bertz CT molecular complexity index is 672. The number of benzene rings is 1. The first-order valence-corrected chi connectivity index (χ1v) is 8.22. The van der Waals surface area contributed by atoms with Crippen LogP contribution in [0.5, 0.6) is 0 Å². The molecule has 2 heterocycles. The lowest BCUT2D eigenvalue weighted by Gasteiger charge is -1.99. The number of para-hydroxylation sites is 1. The van der Waals surface area contributed by atoms with Crippen molar-refractivity contribution in [1.82, 2.24) is 4.98 Å². The maximum absolute atomic E-state index is 4.60. The van der Waals surface area contributed by atoms with Crippen LogP contribution >= 0.6 is 22.7 Å². The van der Waals surface area contributed by atoms with Gasteiger partial charge in [0.1, 0.15) is 0 Å². The lowest BCUT2D eigenvalue weighted by atomic mass is 10.2. The number of nitrogens with zero attached hydrogens (tertiary/aromatic N) is 1. The molecule has 96 valence electrons. The summed E-state index contributed by atoms with van der Waals surface area (Å²) in [6.07, 6.45) is 3.89. The molecule has 4 rings (SSSR count). The molecule has 0 saturated carbocycles. The van der Waals surface area contributed by atoms with Gasteiger partial charge in [0.15, 0.2) is 5.13 Å². The van der Waals surface area contributed by atoms with E-state index < -0.39 is 0 Å². The summed E-state index contributed by atoms with van der Waals surface area (Å²) in [5, 5.41) is 4.48. The van der Waals surface area contributed by atoms with E-state index in [1.165, 1.54) is 28.8 Å². The molecule has 1 aliphatic rings. The molecule has 4 heteroatoms. The minimum atomic E-state index is 0.900. The number of nitrogens with one attached hydrogen (secondary N) is 1. The molecule has 0 unspecified atom stereocenters. The molecule has 0 amide bonds. The molecular formula is C15H14N2S2. The summed E-state index contributed by atoms with van der Waals surface area (Å²) < 4.78 is 1.25. The van der Waals surface area contributed by atoms with E-state index in [0.29, 0.717) is 0 Å². The highest BCUT2D eigenvalue weighted by atomic mass is 32.1. The summed E-state index contributed by atoms with van der Waals surface area (Å²) in [5.74, 6) is 0. The summed E-state index contributed by atoms with van der Waals surface area (Å²) in [4.78, 5) is 7.64. The molecule has 0 aliphatic heterocycles. The van der Waals surface area contributed by atoms with Crippen LogP contribution in [0.15, 0.2) is 30.3 Å². The average molecular weight is 286 g/mol. The van der Waals surface area contributed by atoms with Gasteiger partial charge in [-0.15, -0.1) is 11.3 Å². The molecule has 0 saturated heterocycles. The van der Waals surface area contributed by atoms with Gasteiger partial charge in [-0.05, 0) is 43.0 Å². The zero-order chi connectivity index (χ0) is 12.7. The van der Waals surface area contributed by atoms with Crippen molar-refractivity contribution in [1.29, 1.82) is 0 Å². The molecule has 0 fully saturated rings. The van der Waals surface area contributed by atoms with Crippen LogP contribution < -0.4 is 5.32 Å². The van der Waals surface area contributed by atoms with Crippen LogP contribution in [0, 0.1) is 0 Å². The fourth-order valence-corrected chi connectivity index (χ4v) is 4.65. The monoisotopic (exact) mass is 286 g/mol. The van der Waals surface area contributed by atoms with Crippen molar-refractivity contribution < 1.29 is 0 Å². The second-order valence-electron chi connectivity index (χ2n) is 4.85. The molecule has 0 spiro atoms. The maximum Gasteiger partial charge on any atom is 0.184 e. The van der Waals surface area contributed by atoms with Crippen LogP contribution in [-0.4, -0.2) is 4.98 Å². The van der Waals surface area contributed by atoms with Gasteiger partial charge in [0.05, 0.1) is 16.8 Å². The maximum atomic E-state index is 4.60. The van der Waals surface area contributed by atoms with Gasteiger partial charge < -0.3 is 5.32 Å². The molecule has 1 N–H and O–H groups in total. The van der Waals surface area contributed by atoms with Gasteiger partial charge in [-0.3, -0.25) is 0 Å². The van der Waals surface area contributed by atoms with Crippen molar-refractivity contribution >= 4 is 38.0 Å². The van der Waals surface area contributed by atoms with Gasteiger partial charge in [0.25, 0.3) is 0 Å². The smallest absolute Gasteiger partial charge is 0.184 e. The molecule has 3 aromatic rings. The second-order valence-corrected chi connectivity index (χ2v) is 7.11. The number of rotatable bonds is 3. The summed E-state index contributed by atoms with van der Waals surface area (Å²) in [5.41, 5.74) is 2.66. The molecule has 0 atom stereocenters. The van der Waals surface area contributed by atoms with Gasteiger partial charge >= 0.3 is 0 Å². The number of thiazole rings is 1. The largest absolute Gasteiger partial charge is 0.357 e. The van der Waals surface area contributed by atoms with Crippen molar-refractivity contribution in [2.45, 2.75) is 25.8 Å². The van der Waals surface area contributed by atoms with Gasteiger partial charge in [0.2, 0.25) is 0 Å². The predicted octanol–water partition coefficient (Wildman–Crippen LogP) is 4.46. The molecule has 0 radical (unpaired) electrons. The minimum absolute atomic E-state index is 0.900. The van der Waals surface area contributed by atoms with E-state index in [9.17, 15) is 0 Å². The Labute approximate surface area is 120 Å². The van der Waals surface area contributed by atoms with Crippen molar-refractivity contribution in [2.75, 3.05) is 5.32 Å². The number of anilines is 1. The Morgan fingerprint density at radius 2 is 2.11 bits per heavy atom. The van der Waals surface area contributed by atoms with Crippen LogP contribution in [0.2, 0.25) is 0 Å². The Hall–Kier alpha value is -1.39. The average Bonchev–Trinajstić information content (AvgIpc) is 3.09. The van der Waals surface area contributed by atoms with Gasteiger partial charge in [-0.1, -0.05) is 23.5 Å². The summed E-state index contributed by atoms with van der Waals surface area (Å²) in [7, 11) is 0. The van der Waals surface area contributed by atoms with E-state index in [2.05, 4.69) is 34.6 Å². The van der Waals surface area contributed by atoms with E-state index in [4.69, 9.17) is 0 Å². The molecule has 2 aromatic heterocycles. The number of aromatic nitrogens is 1. The quantitative estimate of drug-likeness (QED) is 0.769. The Morgan fingerprint density at radius 3 is 3.00 bits per heavy atom. The standard InChI is InChI=1S/C15H14N2S2/c1-2-6-14-12(5-1)17-15(19-14)16-9-11-8-10-4-3-7-13(10)18-11/h1-2,5-6,8H,3-4,7,9H2,(H,16,17). The lowest BCUT2D eigenvalue weighted by Crippen LogP contribution is -1.96. The summed E-state index contributed by atoms with van der Waals surface area (Å²) in [6, 6.07) is 10.7. The number of hydrogen-bond acceptors (Lipinski definition) is 4. The first-order chi connectivity index (χ1) is 9.38. The molecule has 1 aromatic carbocycles. The molecule has 0 bridgehead atoms. The third-order valence-corrected chi connectivity index (χ3v) is 5.74. The third-order valence-electron chi connectivity index (χ3n) is 3.51. The molecular weight excluding hydrogens is 272 g/mol. The van der Waals surface area contributed by atoms with E-state index in [1.54, 1.807) is 21.8 Å². The SMILES string of the molecule is c1ccc2sc(NCc3cc4c(s3)CCC4)nc2c1. The number of hydrogen-bond donors (Lipinski definition) is 1. The zero-order valence-electron chi connectivity index (χ0n) is 10.5. The minimum Gasteiger partial charge on any atom is -0.357 e. The van der Waals surface area contributed by atoms with Gasteiger partial charge in [-0.2, -0.15) is 0 Å². The van der Waals surface area contributed by atoms with Gasteiger partial charge in [-0.25, -0.2) is 4.98 Å². The first-order valence-electron chi connectivity index (χ1n) is 6.58. The fraction of sp³-hybridized carbons (Fsp3) is 0.267.